The Morgan fingerprint density at radius 3 is 3.22 bits per heavy atom. The van der Waals surface area contributed by atoms with Gasteiger partial charge in [-0.15, -0.1) is 11.3 Å². The van der Waals surface area contributed by atoms with E-state index in [0.717, 1.165) is 42.9 Å². The Kier molecular flexibility index (Phi) is 5.41. The average Bonchev–Trinajstić information content (AvgIpc) is 2.88. The van der Waals surface area contributed by atoms with Gasteiger partial charge in [0.05, 0.1) is 12.3 Å². The SMILES string of the molecule is COCCC[C@H]1CCCN(c2nc(CO)cs2)C1. The fraction of sp³-hybridized carbons (Fsp3) is 0.769. The normalized spacial score (nSPS) is 20.3. The van der Waals surface area contributed by atoms with Crippen LogP contribution in [0, 0.1) is 5.92 Å². The monoisotopic (exact) mass is 270 g/mol. The molecule has 1 N–H and O–H groups in total. The van der Waals surface area contributed by atoms with Crippen LogP contribution in [0.25, 0.3) is 0 Å². The van der Waals surface area contributed by atoms with E-state index in [-0.39, 0.29) is 6.61 Å². The first-order valence-corrected chi connectivity index (χ1v) is 7.50. The lowest BCUT2D eigenvalue weighted by molar-refractivity contribution is 0.184. The number of thiazole rings is 1. The van der Waals surface area contributed by atoms with Crippen molar-refractivity contribution in [2.75, 3.05) is 31.7 Å². The first kappa shape index (κ1) is 13.8. The highest BCUT2D eigenvalue weighted by Gasteiger charge is 2.21. The smallest absolute Gasteiger partial charge is 0.185 e. The fourth-order valence-electron chi connectivity index (χ4n) is 2.50. The summed E-state index contributed by atoms with van der Waals surface area (Å²) in [6, 6.07) is 0. The third-order valence-electron chi connectivity index (χ3n) is 3.45. The Hall–Kier alpha value is -0.650. The van der Waals surface area contributed by atoms with Crippen molar-refractivity contribution in [1.82, 2.24) is 4.98 Å². The molecule has 1 saturated heterocycles. The largest absolute Gasteiger partial charge is 0.390 e. The molecule has 0 bridgehead atoms. The maximum Gasteiger partial charge on any atom is 0.185 e. The lowest BCUT2D eigenvalue weighted by atomic mass is 9.94. The fourth-order valence-corrected chi connectivity index (χ4v) is 3.36. The van der Waals surface area contributed by atoms with Gasteiger partial charge in [0, 0.05) is 32.2 Å². The summed E-state index contributed by atoms with van der Waals surface area (Å²) in [5, 5.41) is 12.1. The van der Waals surface area contributed by atoms with Crippen LogP contribution in [0.4, 0.5) is 5.13 Å². The van der Waals surface area contributed by atoms with E-state index in [1.807, 2.05) is 5.38 Å². The number of hydrogen-bond acceptors (Lipinski definition) is 5. The van der Waals surface area contributed by atoms with Crippen molar-refractivity contribution in [2.45, 2.75) is 32.3 Å². The number of anilines is 1. The van der Waals surface area contributed by atoms with E-state index >= 15 is 0 Å². The highest BCUT2D eigenvalue weighted by atomic mass is 32.1. The standard InChI is InChI=1S/C13H22N2O2S/c1-17-7-3-5-11-4-2-6-15(8-11)13-14-12(9-16)10-18-13/h10-11,16H,2-9H2,1H3/t11-/m1/s1. The quantitative estimate of drug-likeness (QED) is 0.806. The van der Waals surface area contributed by atoms with Crippen molar-refractivity contribution in [3.05, 3.63) is 11.1 Å². The molecule has 1 aromatic heterocycles. The van der Waals surface area contributed by atoms with Gasteiger partial charge in [-0.25, -0.2) is 4.98 Å². The van der Waals surface area contributed by atoms with Crippen molar-refractivity contribution in [3.8, 4) is 0 Å². The van der Waals surface area contributed by atoms with E-state index < -0.39 is 0 Å². The van der Waals surface area contributed by atoms with Crippen LogP contribution < -0.4 is 4.90 Å². The molecule has 0 amide bonds. The molecular weight excluding hydrogens is 248 g/mol. The van der Waals surface area contributed by atoms with Crippen LogP contribution in [0.3, 0.4) is 0 Å². The second kappa shape index (κ2) is 7.07. The number of piperidine rings is 1. The van der Waals surface area contributed by atoms with Crippen molar-refractivity contribution < 1.29 is 9.84 Å². The zero-order valence-corrected chi connectivity index (χ0v) is 11.8. The first-order chi connectivity index (χ1) is 8.83. The van der Waals surface area contributed by atoms with E-state index in [4.69, 9.17) is 9.84 Å². The Morgan fingerprint density at radius 2 is 2.50 bits per heavy atom. The van der Waals surface area contributed by atoms with E-state index in [2.05, 4.69) is 9.88 Å². The summed E-state index contributed by atoms with van der Waals surface area (Å²) in [6.45, 7) is 3.10. The van der Waals surface area contributed by atoms with Crippen LogP contribution in [0.5, 0.6) is 0 Å². The molecule has 1 aliphatic heterocycles. The molecule has 18 heavy (non-hydrogen) atoms. The number of nitrogens with zero attached hydrogens (tertiary/aromatic N) is 2. The average molecular weight is 270 g/mol. The molecule has 0 radical (unpaired) electrons. The molecule has 2 rings (SSSR count). The Morgan fingerprint density at radius 1 is 1.61 bits per heavy atom. The van der Waals surface area contributed by atoms with Gasteiger partial charge in [0.25, 0.3) is 0 Å². The number of hydrogen-bond donors (Lipinski definition) is 1. The van der Waals surface area contributed by atoms with Crippen LogP contribution in [-0.2, 0) is 11.3 Å². The summed E-state index contributed by atoms with van der Waals surface area (Å²) >= 11 is 1.64. The Balaban J connectivity index is 1.85. The van der Waals surface area contributed by atoms with Crippen molar-refractivity contribution in [2.24, 2.45) is 5.92 Å². The number of aliphatic hydroxyl groups is 1. The van der Waals surface area contributed by atoms with Crippen molar-refractivity contribution in [1.29, 1.82) is 0 Å². The van der Waals surface area contributed by atoms with E-state index in [1.165, 1.54) is 19.3 Å². The van der Waals surface area contributed by atoms with E-state index in [0.29, 0.717) is 0 Å². The van der Waals surface area contributed by atoms with Gasteiger partial charge in [0.2, 0.25) is 0 Å². The summed E-state index contributed by atoms with van der Waals surface area (Å²) in [6.07, 6.45) is 4.95. The minimum absolute atomic E-state index is 0.0433. The minimum Gasteiger partial charge on any atom is -0.390 e. The second-order valence-electron chi connectivity index (χ2n) is 4.87. The summed E-state index contributed by atoms with van der Waals surface area (Å²) in [4.78, 5) is 6.82. The predicted molar refractivity (Wildman–Crippen MR) is 74.1 cm³/mol. The topological polar surface area (TPSA) is 45.6 Å². The molecule has 0 aliphatic carbocycles. The molecule has 1 atom stereocenters. The van der Waals surface area contributed by atoms with Gasteiger partial charge in [-0.05, 0) is 31.6 Å². The third kappa shape index (κ3) is 3.67. The van der Waals surface area contributed by atoms with Crippen molar-refractivity contribution >= 4 is 16.5 Å². The lowest BCUT2D eigenvalue weighted by Gasteiger charge is -2.32. The van der Waals surface area contributed by atoms with E-state index in [9.17, 15) is 0 Å². The molecule has 2 heterocycles. The molecular formula is C13H22N2O2S. The zero-order valence-electron chi connectivity index (χ0n) is 11.0. The molecule has 0 spiro atoms. The highest BCUT2D eigenvalue weighted by Crippen LogP contribution is 2.28. The number of methoxy groups -OCH3 is 1. The maximum atomic E-state index is 9.06. The van der Waals surface area contributed by atoms with Crippen LogP contribution >= 0.6 is 11.3 Å². The summed E-state index contributed by atoms with van der Waals surface area (Å²) in [7, 11) is 1.76. The number of aromatic nitrogens is 1. The summed E-state index contributed by atoms with van der Waals surface area (Å²) in [5.74, 6) is 0.760. The van der Waals surface area contributed by atoms with Crippen LogP contribution in [0.2, 0.25) is 0 Å². The third-order valence-corrected chi connectivity index (χ3v) is 4.40. The number of aliphatic hydroxyl groups excluding tert-OH is 1. The molecule has 1 aromatic rings. The second-order valence-corrected chi connectivity index (χ2v) is 5.71. The molecule has 1 fully saturated rings. The molecule has 5 heteroatoms. The van der Waals surface area contributed by atoms with E-state index in [1.54, 1.807) is 18.4 Å². The van der Waals surface area contributed by atoms with Gasteiger partial charge in [-0.3, -0.25) is 0 Å². The minimum atomic E-state index is 0.0433. The summed E-state index contributed by atoms with van der Waals surface area (Å²) < 4.78 is 5.11. The lowest BCUT2D eigenvalue weighted by Crippen LogP contribution is -2.35. The predicted octanol–water partition coefficient (Wildman–Crippen LogP) is 2.28. The Bertz CT molecular complexity index is 357. The van der Waals surface area contributed by atoms with Gasteiger partial charge in [0.15, 0.2) is 5.13 Å². The van der Waals surface area contributed by atoms with Crippen LogP contribution in [0.1, 0.15) is 31.4 Å². The molecule has 0 unspecified atom stereocenters. The van der Waals surface area contributed by atoms with Gasteiger partial charge in [0.1, 0.15) is 0 Å². The van der Waals surface area contributed by atoms with Gasteiger partial charge in [-0.1, -0.05) is 0 Å². The number of ether oxygens (including phenoxy) is 1. The summed E-state index contributed by atoms with van der Waals surface area (Å²) in [5.41, 5.74) is 0.788. The van der Waals surface area contributed by atoms with Crippen LogP contribution in [0.15, 0.2) is 5.38 Å². The maximum absolute atomic E-state index is 9.06. The molecule has 102 valence electrons. The molecule has 0 saturated carbocycles. The first-order valence-electron chi connectivity index (χ1n) is 6.62. The van der Waals surface area contributed by atoms with Crippen LogP contribution in [-0.4, -0.2) is 36.9 Å². The zero-order chi connectivity index (χ0) is 12.8. The molecule has 0 aromatic carbocycles. The van der Waals surface area contributed by atoms with Gasteiger partial charge in [-0.2, -0.15) is 0 Å². The highest BCUT2D eigenvalue weighted by molar-refractivity contribution is 7.13. The Labute approximate surface area is 113 Å². The molecule has 4 nitrogen and oxygen atoms in total. The van der Waals surface area contributed by atoms with Gasteiger partial charge >= 0.3 is 0 Å². The van der Waals surface area contributed by atoms with Crippen molar-refractivity contribution in [3.63, 3.8) is 0 Å². The van der Waals surface area contributed by atoms with Gasteiger partial charge < -0.3 is 14.7 Å². The number of rotatable bonds is 6. The molecule has 1 aliphatic rings.